The molecular formula is C25H23Si. The highest BCUT2D eigenvalue weighted by molar-refractivity contribution is 7.16. The molecule has 1 aliphatic rings. The monoisotopic (exact) mass is 351 g/mol. The lowest BCUT2D eigenvalue weighted by Gasteiger charge is -2.40. The van der Waals surface area contributed by atoms with Crippen molar-refractivity contribution < 1.29 is 0 Å². The first kappa shape index (κ1) is 16.8. The number of hydrogen-bond acceptors (Lipinski definition) is 0. The predicted molar refractivity (Wildman–Crippen MR) is 115 cm³/mol. The van der Waals surface area contributed by atoms with Crippen molar-refractivity contribution in [1.82, 2.24) is 0 Å². The second-order valence-corrected chi connectivity index (χ2v) is 10.7. The number of allylic oxidation sites excluding steroid dienone is 4. The van der Waals surface area contributed by atoms with Crippen LogP contribution >= 0.6 is 0 Å². The zero-order valence-electron chi connectivity index (χ0n) is 15.3. The van der Waals surface area contributed by atoms with Crippen molar-refractivity contribution in [2.45, 2.75) is 13.8 Å². The van der Waals surface area contributed by atoms with Crippen LogP contribution in [0.15, 0.2) is 114 Å². The van der Waals surface area contributed by atoms with Gasteiger partial charge in [-0.05, 0) is 29.4 Å². The van der Waals surface area contributed by atoms with E-state index >= 15 is 0 Å². The lowest BCUT2D eigenvalue weighted by atomic mass is 10.2. The van der Waals surface area contributed by atoms with E-state index in [2.05, 4.69) is 117 Å². The van der Waals surface area contributed by atoms with Crippen LogP contribution in [0.2, 0.25) is 0 Å². The second kappa shape index (κ2) is 6.93. The van der Waals surface area contributed by atoms with Gasteiger partial charge in [0.2, 0.25) is 0 Å². The maximum absolute atomic E-state index is 2.34. The van der Waals surface area contributed by atoms with Gasteiger partial charge in [0.15, 0.2) is 8.07 Å². The highest BCUT2D eigenvalue weighted by Crippen LogP contribution is 2.36. The Morgan fingerprint density at radius 2 is 0.769 bits per heavy atom. The van der Waals surface area contributed by atoms with E-state index in [9.17, 15) is 0 Å². The summed E-state index contributed by atoms with van der Waals surface area (Å²) in [5.41, 5.74) is 4.32. The molecule has 1 heteroatoms. The highest BCUT2D eigenvalue weighted by Gasteiger charge is 2.48. The van der Waals surface area contributed by atoms with Crippen molar-refractivity contribution in [1.29, 1.82) is 0 Å². The van der Waals surface area contributed by atoms with Crippen molar-refractivity contribution >= 4 is 23.6 Å². The maximum Gasteiger partial charge on any atom is 0.163 e. The summed E-state index contributed by atoms with van der Waals surface area (Å²) in [5.74, 6) is 0. The first-order chi connectivity index (χ1) is 12.7. The molecule has 0 saturated carbocycles. The quantitative estimate of drug-likeness (QED) is 0.489. The molecule has 127 valence electrons. The Kier molecular flexibility index (Phi) is 4.48. The third-order valence-corrected chi connectivity index (χ3v) is 10.5. The largest absolute Gasteiger partial charge is 0.163 e. The van der Waals surface area contributed by atoms with E-state index in [1.54, 1.807) is 0 Å². The Hall–Kier alpha value is -2.64. The maximum atomic E-state index is 2.32. The fraction of sp³-hybridized carbons (Fsp3) is 0.0800. The third kappa shape index (κ3) is 2.60. The molecule has 0 N–H and O–H groups in total. The molecule has 0 atom stereocenters. The van der Waals surface area contributed by atoms with Crippen LogP contribution in [0, 0.1) is 5.54 Å². The van der Waals surface area contributed by atoms with Gasteiger partial charge in [0, 0.05) is 5.54 Å². The number of hydrogen-bond donors (Lipinski definition) is 0. The summed E-state index contributed by atoms with van der Waals surface area (Å²) in [6, 6.07) is 33.3. The van der Waals surface area contributed by atoms with Gasteiger partial charge in [0.1, 0.15) is 0 Å². The van der Waals surface area contributed by atoms with E-state index in [1.807, 2.05) is 0 Å². The lowest BCUT2D eigenvalue weighted by molar-refractivity contribution is 1.29. The van der Waals surface area contributed by atoms with Gasteiger partial charge >= 0.3 is 0 Å². The van der Waals surface area contributed by atoms with Crippen LogP contribution in [-0.2, 0) is 0 Å². The topological polar surface area (TPSA) is 0 Å². The molecule has 0 saturated heterocycles. The summed E-state index contributed by atoms with van der Waals surface area (Å²) in [7, 11) is -2.34. The minimum Gasteiger partial charge on any atom is -0.0638 e. The third-order valence-electron chi connectivity index (χ3n) is 5.37. The standard InChI is InChI=1S/C25H23Si/c1-20-18-19-21(2)25(20)26(22-12-6-3-7-13-22,23-14-8-4-9-15-23)24-16-10-5-11-17-24/h3-19H,1-2H3. The Morgan fingerprint density at radius 1 is 0.462 bits per heavy atom. The Labute approximate surface area is 157 Å². The van der Waals surface area contributed by atoms with Gasteiger partial charge in [-0.3, -0.25) is 0 Å². The first-order valence-corrected chi connectivity index (χ1v) is 11.1. The Morgan fingerprint density at radius 3 is 1.08 bits per heavy atom. The summed E-state index contributed by atoms with van der Waals surface area (Å²) in [5, 5.41) is 4.32. The molecule has 0 aromatic heterocycles. The zero-order valence-corrected chi connectivity index (χ0v) is 16.3. The van der Waals surface area contributed by atoms with Crippen molar-refractivity contribution in [3.8, 4) is 0 Å². The van der Waals surface area contributed by atoms with Crippen molar-refractivity contribution in [3.05, 3.63) is 120 Å². The van der Waals surface area contributed by atoms with Gasteiger partial charge < -0.3 is 0 Å². The van der Waals surface area contributed by atoms with Crippen LogP contribution in [0.3, 0.4) is 0 Å². The zero-order chi connectivity index (χ0) is 18.0. The van der Waals surface area contributed by atoms with Gasteiger partial charge in [0.25, 0.3) is 0 Å². The molecule has 0 nitrogen and oxygen atoms in total. The smallest absolute Gasteiger partial charge is 0.0638 e. The van der Waals surface area contributed by atoms with E-state index in [-0.39, 0.29) is 0 Å². The van der Waals surface area contributed by atoms with Crippen LogP contribution < -0.4 is 15.6 Å². The van der Waals surface area contributed by atoms with Crippen LogP contribution in [-0.4, -0.2) is 8.07 Å². The molecule has 0 bridgehead atoms. The van der Waals surface area contributed by atoms with Gasteiger partial charge in [-0.1, -0.05) is 114 Å². The average Bonchev–Trinajstić information content (AvgIpc) is 3.04. The summed E-state index contributed by atoms with van der Waals surface area (Å²) in [6.07, 6.45) is 4.56. The molecule has 0 spiro atoms. The van der Waals surface area contributed by atoms with Gasteiger partial charge in [0.05, 0.1) is 0 Å². The second-order valence-electron chi connectivity index (χ2n) is 6.92. The van der Waals surface area contributed by atoms with E-state index in [4.69, 9.17) is 0 Å². The van der Waals surface area contributed by atoms with Gasteiger partial charge in [-0.25, -0.2) is 0 Å². The number of benzene rings is 3. The molecule has 0 aliphatic heterocycles. The van der Waals surface area contributed by atoms with Crippen LogP contribution in [0.5, 0.6) is 0 Å². The van der Waals surface area contributed by atoms with E-state index in [1.165, 1.54) is 32.2 Å². The molecule has 0 unspecified atom stereocenters. The molecule has 0 amide bonds. The lowest BCUT2D eigenvalue weighted by Crippen LogP contribution is -2.71. The highest BCUT2D eigenvalue weighted by atomic mass is 28.3. The first-order valence-electron chi connectivity index (χ1n) is 9.14. The summed E-state index contributed by atoms with van der Waals surface area (Å²) in [6.45, 7) is 4.53. The summed E-state index contributed by atoms with van der Waals surface area (Å²) >= 11 is 0. The normalized spacial score (nSPS) is 14.8. The Bertz CT molecular complexity index is 823. The summed E-state index contributed by atoms with van der Waals surface area (Å²) in [4.78, 5) is 0. The predicted octanol–water partition coefficient (Wildman–Crippen LogP) is 4.18. The molecule has 3 aromatic carbocycles. The molecule has 1 radical (unpaired) electrons. The van der Waals surface area contributed by atoms with Gasteiger partial charge in [-0.15, -0.1) is 0 Å². The molecular weight excluding hydrogens is 328 g/mol. The van der Waals surface area contributed by atoms with E-state index in [0.29, 0.717) is 0 Å². The number of rotatable bonds is 4. The van der Waals surface area contributed by atoms with E-state index in [0.717, 1.165) is 0 Å². The van der Waals surface area contributed by atoms with Crippen molar-refractivity contribution in [3.63, 3.8) is 0 Å². The molecule has 4 rings (SSSR count). The average molecular weight is 352 g/mol. The molecule has 1 aliphatic carbocycles. The SMILES string of the molecule is CC1=CC=C(C)[C]1[Si](c1ccccc1)(c1ccccc1)c1ccccc1. The summed E-state index contributed by atoms with van der Waals surface area (Å²) < 4.78 is 0. The van der Waals surface area contributed by atoms with Crippen LogP contribution in [0.4, 0.5) is 0 Å². The Balaban J connectivity index is 2.11. The van der Waals surface area contributed by atoms with E-state index < -0.39 is 8.07 Å². The van der Waals surface area contributed by atoms with Gasteiger partial charge in [-0.2, -0.15) is 0 Å². The molecule has 0 heterocycles. The van der Waals surface area contributed by atoms with Crippen LogP contribution in [0.25, 0.3) is 0 Å². The van der Waals surface area contributed by atoms with Crippen LogP contribution in [0.1, 0.15) is 13.8 Å². The molecule has 0 fully saturated rings. The van der Waals surface area contributed by atoms with Crippen molar-refractivity contribution in [2.75, 3.05) is 0 Å². The fourth-order valence-electron chi connectivity index (χ4n) is 4.32. The molecule has 26 heavy (non-hydrogen) atoms. The fourth-order valence-corrected chi connectivity index (χ4v) is 9.61. The minimum absolute atomic E-state index is 1.39. The minimum atomic E-state index is -2.34. The van der Waals surface area contributed by atoms with Crippen molar-refractivity contribution in [2.24, 2.45) is 0 Å². The molecule has 3 aromatic rings.